The maximum absolute atomic E-state index is 11.9. The molecule has 1 amide bonds. The van der Waals surface area contributed by atoms with Crippen LogP contribution in [0.4, 0.5) is 5.69 Å². The maximum Gasteiger partial charge on any atom is 0.224 e. The fourth-order valence-electron chi connectivity index (χ4n) is 2.23. The van der Waals surface area contributed by atoms with Crippen molar-refractivity contribution in [1.29, 1.82) is 0 Å². The van der Waals surface area contributed by atoms with E-state index in [9.17, 15) is 4.79 Å². The minimum atomic E-state index is 0.0592. The van der Waals surface area contributed by atoms with E-state index in [1.54, 1.807) is 0 Å². The second-order valence-electron chi connectivity index (χ2n) is 5.02. The third-order valence-corrected chi connectivity index (χ3v) is 3.01. The number of anilines is 1. The van der Waals surface area contributed by atoms with E-state index in [4.69, 9.17) is 5.73 Å². The second kappa shape index (κ2) is 7.17. The molecule has 1 rings (SSSR count). The van der Waals surface area contributed by atoms with Gasteiger partial charge in [-0.3, -0.25) is 4.79 Å². The van der Waals surface area contributed by atoms with Crippen LogP contribution in [0.3, 0.4) is 0 Å². The van der Waals surface area contributed by atoms with Crippen LogP contribution in [0.2, 0.25) is 0 Å². The van der Waals surface area contributed by atoms with Gasteiger partial charge in [-0.2, -0.15) is 0 Å². The van der Waals surface area contributed by atoms with Crippen LogP contribution in [0.1, 0.15) is 37.3 Å². The zero-order valence-corrected chi connectivity index (χ0v) is 11.6. The Bertz CT molecular complexity index is 381. The molecule has 3 nitrogen and oxygen atoms in total. The van der Waals surface area contributed by atoms with Crippen molar-refractivity contribution >= 4 is 11.6 Å². The molecule has 18 heavy (non-hydrogen) atoms. The van der Waals surface area contributed by atoms with Gasteiger partial charge >= 0.3 is 0 Å². The zero-order chi connectivity index (χ0) is 13.5. The van der Waals surface area contributed by atoms with E-state index in [1.165, 1.54) is 0 Å². The minimum absolute atomic E-state index is 0.0592. The molecule has 100 valence electrons. The van der Waals surface area contributed by atoms with Gasteiger partial charge in [0.15, 0.2) is 0 Å². The lowest BCUT2D eigenvalue weighted by molar-refractivity contribution is -0.117. The van der Waals surface area contributed by atoms with Gasteiger partial charge in [0.1, 0.15) is 0 Å². The summed E-state index contributed by atoms with van der Waals surface area (Å²) in [6, 6.07) is 6.07. The fourth-order valence-corrected chi connectivity index (χ4v) is 2.23. The van der Waals surface area contributed by atoms with Gasteiger partial charge in [0.05, 0.1) is 0 Å². The van der Waals surface area contributed by atoms with E-state index in [0.717, 1.165) is 29.7 Å². The Morgan fingerprint density at radius 2 is 1.89 bits per heavy atom. The van der Waals surface area contributed by atoms with Gasteiger partial charge in [0.25, 0.3) is 0 Å². The number of aryl methyl sites for hydroxylation is 2. The average Bonchev–Trinajstić information content (AvgIpc) is 2.26. The standard InChI is InChI=1S/C15H24N2O/c1-4-5-13(10-16)9-15(18)17-14-7-11(2)6-12(3)8-14/h6-8,13H,4-5,9-10,16H2,1-3H3,(H,17,18). The molecule has 0 fully saturated rings. The lowest BCUT2D eigenvalue weighted by Crippen LogP contribution is -2.22. The van der Waals surface area contributed by atoms with Gasteiger partial charge in [0.2, 0.25) is 5.91 Å². The normalized spacial score (nSPS) is 12.2. The van der Waals surface area contributed by atoms with Gasteiger partial charge in [-0.1, -0.05) is 19.4 Å². The molecule has 0 spiro atoms. The van der Waals surface area contributed by atoms with Gasteiger partial charge in [-0.05, 0) is 56.0 Å². The molecular formula is C15H24N2O. The molecule has 0 heterocycles. The van der Waals surface area contributed by atoms with Crippen LogP contribution in [0.5, 0.6) is 0 Å². The molecule has 0 aliphatic rings. The lowest BCUT2D eigenvalue weighted by atomic mass is 9.99. The Morgan fingerprint density at radius 1 is 1.28 bits per heavy atom. The molecule has 0 aromatic heterocycles. The van der Waals surface area contributed by atoms with E-state index >= 15 is 0 Å². The second-order valence-corrected chi connectivity index (χ2v) is 5.02. The number of benzene rings is 1. The first-order valence-electron chi connectivity index (χ1n) is 6.63. The van der Waals surface area contributed by atoms with Crippen LogP contribution >= 0.6 is 0 Å². The van der Waals surface area contributed by atoms with E-state index in [1.807, 2.05) is 26.0 Å². The summed E-state index contributed by atoms with van der Waals surface area (Å²) in [5.41, 5.74) is 8.87. The highest BCUT2D eigenvalue weighted by Crippen LogP contribution is 2.16. The number of nitrogens with two attached hydrogens (primary N) is 1. The summed E-state index contributed by atoms with van der Waals surface area (Å²) < 4.78 is 0. The molecule has 1 aromatic rings. The summed E-state index contributed by atoms with van der Waals surface area (Å²) >= 11 is 0. The highest BCUT2D eigenvalue weighted by molar-refractivity contribution is 5.91. The molecule has 1 aromatic carbocycles. The van der Waals surface area contributed by atoms with Crippen molar-refractivity contribution in [2.45, 2.75) is 40.0 Å². The van der Waals surface area contributed by atoms with E-state index < -0.39 is 0 Å². The van der Waals surface area contributed by atoms with Gasteiger partial charge in [-0.15, -0.1) is 0 Å². The van der Waals surface area contributed by atoms with E-state index in [0.29, 0.717) is 18.9 Å². The lowest BCUT2D eigenvalue weighted by Gasteiger charge is -2.14. The summed E-state index contributed by atoms with van der Waals surface area (Å²) in [6.07, 6.45) is 2.59. The number of rotatable bonds is 6. The Kier molecular flexibility index (Phi) is 5.86. The first-order valence-corrected chi connectivity index (χ1v) is 6.63. The van der Waals surface area contributed by atoms with E-state index in [2.05, 4.69) is 18.3 Å². The average molecular weight is 248 g/mol. The predicted molar refractivity (Wildman–Crippen MR) is 76.6 cm³/mol. The predicted octanol–water partition coefficient (Wildman–Crippen LogP) is 3.01. The van der Waals surface area contributed by atoms with Crippen LogP contribution in [0.25, 0.3) is 0 Å². The molecule has 0 aliphatic carbocycles. The van der Waals surface area contributed by atoms with Crippen molar-refractivity contribution in [2.24, 2.45) is 11.7 Å². The molecule has 0 bridgehead atoms. The van der Waals surface area contributed by atoms with Crippen LogP contribution in [0, 0.1) is 19.8 Å². The van der Waals surface area contributed by atoms with Crippen molar-refractivity contribution in [1.82, 2.24) is 0 Å². The maximum atomic E-state index is 11.9. The summed E-state index contributed by atoms with van der Waals surface area (Å²) in [6.45, 7) is 6.75. The molecule has 0 radical (unpaired) electrons. The number of carbonyl (C=O) groups is 1. The van der Waals surface area contributed by atoms with Crippen LogP contribution in [-0.4, -0.2) is 12.5 Å². The number of nitrogens with one attached hydrogen (secondary N) is 1. The van der Waals surface area contributed by atoms with Crippen molar-refractivity contribution in [3.05, 3.63) is 29.3 Å². The van der Waals surface area contributed by atoms with Crippen LogP contribution in [0.15, 0.2) is 18.2 Å². The van der Waals surface area contributed by atoms with Gasteiger partial charge in [-0.25, -0.2) is 0 Å². The molecule has 0 aliphatic heterocycles. The number of hydrogen-bond donors (Lipinski definition) is 2. The van der Waals surface area contributed by atoms with Gasteiger partial charge in [0, 0.05) is 12.1 Å². The largest absolute Gasteiger partial charge is 0.330 e. The van der Waals surface area contributed by atoms with E-state index in [-0.39, 0.29) is 5.91 Å². The highest BCUT2D eigenvalue weighted by atomic mass is 16.1. The Balaban J connectivity index is 2.58. The highest BCUT2D eigenvalue weighted by Gasteiger charge is 2.11. The minimum Gasteiger partial charge on any atom is -0.330 e. The summed E-state index contributed by atoms with van der Waals surface area (Å²) in [7, 11) is 0. The van der Waals surface area contributed by atoms with Gasteiger partial charge < -0.3 is 11.1 Å². The monoisotopic (exact) mass is 248 g/mol. The third kappa shape index (κ3) is 4.88. The van der Waals surface area contributed by atoms with Crippen molar-refractivity contribution < 1.29 is 4.79 Å². The molecule has 1 atom stereocenters. The molecule has 3 N–H and O–H groups in total. The Morgan fingerprint density at radius 3 is 2.39 bits per heavy atom. The summed E-state index contributed by atoms with van der Waals surface area (Å²) in [5.74, 6) is 0.352. The number of hydrogen-bond acceptors (Lipinski definition) is 2. The molecule has 3 heteroatoms. The smallest absolute Gasteiger partial charge is 0.224 e. The summed E-state index contributed by atoms with van der Waals surface area (Å²) in [4.78, 5) is 11.9. The number of amides is 1. The molecular weight excluding hydrogens is 224 g/mol. The molecule has 0 saturated carbocycles. The topological polar surface area (TPSA) is 55.1 Å². The number of carbonyl (C=O) groups excluding carboxylic acids is 1. The molecule has 1 unspecified atom stereocenters. The Labute approximate surface area is 110 Å². The van der Waals surface area contributed by atoms with Crippen molar-refractivity contribution in [2.75, 3.05) is 11.9 Å². The molecule has 0 saturated heterocycles. The van der Waals surface area contributed by atoms with Crippen LogP contribution in [-0.2, 0) is 4.79 Å². The zero-order valence-electron chi connectivity index (χ0n) is 11.6. The van der Waals surface area contributed by atoms with Crippen LogP contribution < -0.4 is 11.1 Å². The third-order valence-electron chi connectivity index (χ3n) is 3.01. The SMILES string of the molecule is CCCC(CN)CC(=O)Nc1cc(C)cc(C)c1. The van der Waals surface area contributed by atoms with Crippen molar-refractivity contribution in [3.63, 3.8) is 0 Å². The van der Waals surface area contributed by atoms with Crippen molar-refractivity contribution in [3.8, 4) is 0 Å². The first-order chi connectivity index (χ1) is 8.55. The summed E-state index contributed by atoms with van der Waals surface area (Å²) in [5, 5.41) is 2.95. The first kappa shape index (κ1) is 14.7. The quantitative estimate of drug-likeness (QED) is 0.813. The fraction of sp³-hybridized carbons (Fsp3) is 0.533. The Hall–Kier alpha value is -1.35.